The highest BCUT2D eigenvalue weighted by molar-refractivity contribution is 7.99. The number of aromatic nitrogens is 1. The topological polar surface area (TPSA) is 24.9 Å². The van der Waals surface area contributed by atoms with E-state index in [0.29, 0.717) is 11.1 Å². The average molecular weight is 318 g/mol. The average Bonchev–Trinajstić information content (AvgIpc) is 2.46. The first kappa shape index (κ1) is 16.6. The summed E-state index contributed by atoms with van der Waals surface area (Å²) in [6.07, 6.45) is 2.97. The highest BCUT2D eigenvalue weighted by atomic mass is 32.2. The highest BCUT2D eigenvalue weighted by Crippen LogP contribution is 2.30. The lowest BCUT2D eigenvalue weighted by molar-refractivity contribution is -0.137. The van der Waals surface area contributed by atoms with E-state index in [4.69, 9.17) is 0 Å². The van der Waals surface area contributed by atoms with E-state index in [0.717, 1.165) is 18.8 Å². The number of pyridine rings is 1. The fourth-order valence-electron chi connectivity index (χ4n) is 2.50. The van der Waals surface area contributed by atoms with Crippen molar-refractivity contribution in [3.63, 3.8) is 0 Å². The molecular weight excluding hydrogens is 297 g/mol. The zero-order valence-electron chi connectivity index (χ0n) is 12.1. The van der Waals surface area contributed by atoms with Gasteiger partial charge in [-0.2, -0.15) is 13.2 Å². The lowest BCUT2D eigenvalue weighted by Gasteiger charge is -2.24. The van der Waals surface area contributed by atoms with E-state index < -0.39 is 11.7 Å². The van der Waals surface area contributed by atoms with Gasteiger partial charge in [0.05, 0.1) is 10.6 Å². The molecule has 1 heterocycles. The second-order valence-corrected chi connectivity index (χ2v) is 7.01. The normalized spacial score (nSPS) is 18.7. The molecule has 1 aromatic rings. The SMILES string of the molecule is CC(CNC1CCCCC1)Sc1ccc(C(F)(F)F)cn1. The third kappa shape index (κ3) is 5.51. The van der Waals surface area contributed by atoms with Gasteiger partial charge >= 0.3 is 6.18 Å². The van der Waals surface area contributed by atoms with Gasteiger partial charge in [-0.05, 0) is 25.0 Å². The number of nitrogens with zero attached hydrogens (tertiary/aromatic N) is 1. The summed E-state index contributed by atoms with van der Waals surface area (Å²) in [4.78, 5) is 3.90. The Morgan fingerprint density at radius 3 is 2.57 bits per heavy atom. The first-order chi connectivity index (χ1) is 9.95. The molecule has 2 nitrogen and oxygen atoms in total. The van der Waals surface area contributed by atoms with Crippen LogP contribution in [-0.2, 0) is 6.18 Å². The molecule has 1 atom stereocenters. The van der Waals surface area contributed by atoms with Crippen molar-refractivity contribution >= 4 is 11.8 Å². The molecule has 0 radical (unpaired) electrons. The summed E-state index contributed by atoms with van der Waals surface area (Å²) >= 11 is 1.51. The zero-order chi connectivity index (χ0) is 15.3. The molecule has 1 unspecified atom stereocenters. The van der Waals surface area contributed by atoms with Crippen LogP contribution < -0.4 is 5.32 Å². The summed E-state index contributed by atoms with van der Waals surface area (Å²) in [5, 5.41) is 4.48. The van der Waals surface area contributed by atoms with Crippen molar-refractivity contribution < 1.29 is 13.2 Å². The van der Waals surface area contributed by atoms with Gasteiger partial charge in [-0.1, -0.05) is 26.2 Å². The van der Waals surface area contributed by atoms with Gasteiger partial charge in [-0.3, -0.25) is 0 Å². The van der Waals surface area contributed by atoms with Crippen molar-refractivity contribution in [2.75, 3.05) is 6.54 Å². The number of thioether (sulfide) groups is 1. The van der Waals surface area contributed by atoms with Gasteiger partial charge in [0.25, 0.3) is 0 Å². The monoisotopic (exact) mass is 318 g/mol. The molecule has 1 saturated carbocycles. The number of hydrogen-bond donors (Lipinski definition) is 1. The van der Waals surface area contributed by atoms with Crippen molar-refractivity contribution in [2.24, 2.45) is 0 Å². The molecule has 0 aromatic carbocycles. The lowest BCUT2D eigenvalue weighted by atomic mass is 9.95. The van der Waals surface area contributed by atoms with Gasteiger partial charge in [0.2, 0.25) is 0 Å². The first-order valence-electron chi connectivity index (χ1n) is 7.38. The van der Waals surface area contributed by atoms with E-state index in [-0.39, 0.29) is 5.25 Å². The minimum absolute atomic E-state index is 0.288. The quantitative estimate of drug-likeness (QED) is 0.809. The zero-order valence-corrected chi connectivity index (χ0v) is 12.9. The molecule has 1 fully saturated rings. The first-order valence-corrected chi connectivity index (χ1v) is 8.26. The Hall–Kier alpha value is -0.750. The largest absolute Gasteiger partial charge is 0.417 e. The van der Waals surface area contributed by atoms with Crippen LogP contribution in [0.4, 0.5) is 13.2 Å². The molecule has 2 rings (SSSR count). The molecule has 1 aliphatic carbocycles. The maximum Gasteiger partial charge on any atom is 0.417 e. The highest BCUT2D eigenvalue weighted by Gasteiger charge is 2.30. The second kappa shape index (κ2) is 7.49. The van der Waals surface area contributed by atoms with Gasteiger partial charge in [0, 0.05) is 24.0 Å². The maximum absolute atomic E-state index is 12.5. The summed E-state index contributed by atoms with van der Waals surface area (Å²) in [5.41, 5.74) is -0.695. The van der Waals surface area contributed by atoms with E-state index in [2.05, 4.69) is 17.2 Å². The van der Waals surface area contributed by atoms with Crippen LogP contribution in [0, 0.1) is 0 Å². The van der Waals surface area contributed by atoms with Crippen LogP contribution in [0.15, 0.2) is 23.4 Å². The Bertz CT molecular complexity index is 428. The molecule has 6 heteroatoms. The van der Waals surface area contributed by atoms with Crippen molar-refractivity contribution in [1.82, 2.24) is 10.3 Å². The maximum atomic E-state index is 12.5. The molecule has 1 N–H and O–H groups in total. The predicted octanol–water partition coefficient (Wildman–Crippen LogP) is 4.50. The molecule has 1 aromatic heterocycles. The third-order valence-corrected chi connectivity index (χ3v) is 4.74. The summed E-state index contributed by atoms with van der Waals surface area (Å²) in [6.45, 7) is 2.93. The lowest BCUT2D eigenvalue weighted by Crippen LogP contribution is -2.35. The second-order valence-electron chi connectivity index (χ2n) is 5.55. The van der Waals surface area contributed by atoms with Crippen LogP contribution in [0.1, 0.15) is 44.6 Å². The van der Waals surface area contributed by atoms with E-state index in [1.54, 1.807) is 0 Å². The van der Waals surface area contributed by atoms with E-state index in [1.807, 2.05) is 0 Å². The number of alkyl halides is 3. The summed E-state index contributed by atoms with van der Waals surface area (Å²) in [7, 11) is 0. The van der Waals surface area contributed by atoms with Crippen molar-refractivity contribution in [1.29, 1.82) is 0 Å². The Morgan fingerprint density at radius 2 is 2.00 bits per heavy atom. The van der Waals surface area contributed by atoms with Crippen LogP contribution in [0.2, 0.25) is 0 Å². The Kier molecular flexibility index (Phi) is 5.93. The van der Waals surface area contributed by atoms with Gasteiger partial charge in [-0.15, -0.1) is 11.8 Å². The van der Waals surface area contributed by atoms with E-state index in [1.165, 1.54) is 49.9 Å². The smallest absolute Gasteiger partial charge is 0.313 e. The molecule has 0 aliphatic heterocycles. The fraction of sp³-hybridized carbons (Fsp3) is 0.667. The molecule has 0 spiro atoms. The number of nitrogens with one attached hydrogen (secondary N) is 1. The minimum Gasteiger partial charge on any atom is -0.313 e. The Labute approximate surface area is 127 Å². The van der Waals surface area contributed by atoms with Crippen molar-refractivity contribution in [3.05, 3.63) is 23.9 Å². The molecule has 0 saturated heterocycles. The molecule has 21 heavy (non-hydrogen) atoms. The van der Waals surface area contributed by atoms with Gasteiger partial charge in [-0.25, -0.2) is 4.98 Å². The summed E-state index contributed by atoms with van der Waals surface area (Å²) in [6, 6.07) is 3.14. The fourth-order valence-corrected chi connectivity index (χ4v) is 3.36. The summed E-state index contributed by atoms with van der Waals surface area (Å²) in [5.74, 6) is 0. The minimum atomic E-state index is -4.32. The number of halogens is 3. The van der Waals surface area contributed by atoms with Gasteiger partial charge in [0.1, 0.15) is 0 Å². The van der Waals surface area contributed by atoms with Crippen LogP contribution >= 0.6 is 11.8 Å². The predicted molar refractivity (Wildman–Crippen MR) is 79.4 cm³/mol. The standard InChI is InChI=1S/C15H21F3N2S/c1-11(9-19-13-5-3-2-4-6-13)21-14-8-7-12(10-20-14)15(16,17)18/h7-8,10-11,13,19H,2-6,9H2,1H3. The third-order valence-electron chi connectivity index (χ3n) is 3.68. The van der Waals surface area contributed by atoms with Crippen molar-refractivity contribution in [3.8, 4) is 0 Å². The van der Waals surface area contributed by atoms with Crippen LogP contribution in [-0.4, -0.2) is 22.8 Å². The van der Waals surface area contributed by atoms with E-state index in [9.17, 15) is 13.2 Å². The molecule has 0 bridgehead atoms. The van der Waals surface area contributed by atoms with Gasteiger partial charge < -0.3 is 5.32 Å². The van der Waals surface area contributed by atoms with Crippen LogP contribution in [0.25, 0.3) is 0 Å². The van der Waals surface area contributed by atoms with Crippen LogP contribution in [0.5, 0.6) is 0 Å². The molecule has 118 valence electrons. The Morgan fingerprint density at radius 1 is 1.29 bits per heavy atom. The molecular formula is C15H21F3N2S. The summed E-state index contributed by atoms with van der Waals surface area (Å²) < 4.78 is 37.4. The van der Waals surface area contributed by atoms with E-state index >= 15 is 0 Å². The van der Waals surface area contributed by atoms with Gasteiger partial charge in [0.15, 0.2) is 0 Å². The van der Waals surface area contributed by atoms with Crippen molar-refractivity contribution in [2.45, 2.75) is 61.5 Å². The van der Waals surface area contributed by atoms with Crippen LogP contribution in [0.3, 0.4) is 0 Å². The number of rotatable bonds is 5. The molecule has 0 amide bonds. The molecule has 1 aliphatic rings. The number of hydrogen-bond acceptors (Lipinski definition) is 3. The Balaban J connectivity index is 1.78.